The van der Waals surface area contributed by atoms with Gasteiger partial charge in [0.05, 0.1) is 11.9 Å². The van der Waals surface area contributed by atoms with E-state index >= 15 is 0 Å². The van der Waals surface area contributed by atoms with Crippen LogP contribution in [0.5, 0.6) is 5.75 Å². The fourth-order valence-electron chi connectivity index (χ4n) is 2.33. The molecule has 1 aromatic heterocycles. The number of aromatic nitrogens is 1. The van der Waals surface area contributed by atoms with E-state index in [1.807, 2.05) is 55.5 Å². The molecule has 5 nitrogen and oxygen atoms in total. The molecule has 132 valence electrons. The standard InChI is InChI=1S/C21H21N3O2/c1-16-7-10-19(11-8-16)26-15-21(25)24-20-12-9-18(14-23-20)22-13-17-5-3-2-4-6-17/h2-12,14,22H,13,15H2,1H3,(H,23,24,25). The quantitative estimate of drug-likeness (QED) is 0.678. The monoisotopic (exact) mass is 347 g/mol. The van der Waals surface area contributed by atoms with Crippen LogP contribution in [0, 0.1) is 6.92 Å². The molecule has 2 N–H and O–H groups in total. The highest BCUT2D eigenvalue weighted by molar-refractivity contribution is 5.91. The van der Waals surface area contributed by atoms with Crippen molar-refractivity contribution in [2.75, 3.05) is 17.2 Å². The first-order chi connectivity index (χ1) is 12.7. The molecule has 3 rings (SSSR count). The van der Waals surface area contributed by atoms with Crippen molar-refractivity contribution < 1.29 is 9.53 Å². The van der Waals surface area contributed by atoms with E-state index in [-0.39, 0.29) is 12.5 Å². The number of anilines is 2. The lowest BCUT2D eigenvalue weighted by Crippen LogP contribution is -2.20. The summed E-state index contributed by atoms with van der Waals surface area (Å²) in [4.78, 5) is 16.2. The Bertz CT molecular complexity index is 831. The largest absolute Gasteiger partial charge is 0.484 e. The van der Waals surface area contributed by atoms with Gasteiger partial charge in [0.15, 0.2) is 6.61 Å². The third-order valence-corrected chi connectivity index (χ3v) is 3.76. The molecule has 0 aliphatic heterocycles. The number of carbonyl (C=O) groups excluding carboxylic acids is 1. The molecule has 3 aromatic rings. The van der Waals surface area contributed by atoms with Crippen LogP contribution in [-0.4, -0.2) is 17.5 Å². The van der Waals surface area contributed by atoms with Crippen LogP contribution in [0.3, 0.4) is 0 Å². The topological polar surface area (TPSA) is 63.2 Å². The summed E-state index contributed by atoms with van der Waals surface area (Å²) in [6.07, 6.45) is 1.69. The van der Waals surface area contributed by atoms with Crippen molar-refractivity contribution in [1.82, 2.24) is 4.98 Å². The number of nitrogens with zero attached hydrogens (tertiary/aromatic N) is 1. The third-order valence-electron chi connectivity index (χ3n) is 3.76. The number of ether oxygens (including phenoxy) is 1. The minimum absolute atomic E-state index is 0.0568. The first kappa shape index (κ1) is 17.5. The first-order valence-corrected chi connectivity index (χ1v) is 8.42. The number of pyridine rings is 1. The maximum atomic E-state index is 12.0. The normalized spacial score (nSPS) is 10.2. The molecule has 0 saturated carbocycles. The number of carbonyl (C=O) groups is 1. The second kappa shape index (κ2) is 8.67. The SMILES string of the molecule is Cc1ccc(OCC(=O)Nc2ccc(NCc3ccccc3)cn2)cc1. The number of hydrogen-bond acceptors (Lipinski definition) is 4. The van der Waals surface area contributed by atoms with Gasteiger partial charge in [0, 0.05) is 6.54 Å². The Morgan fingerprint density at radius 1 is 1.00 bits per heavy atom. The molecule has 1 amide bonds. The summed E-state index contributed by atoms with van der Waals surface area (Å²) in [6.45, 7) is 2.66. The molecule has 2 aromatic carbocycles. The molecule has 0 bridgehead atoms. The average molecular weight is 347 g/mol. The third kappa shape index (κ3) is 5.34. The molecule has 0 spiro atoms. The molecular formula is C21H21N3O2. The lowest BCUT2D eigenvalue weighted by atomic mass is 10.2. The van der Waals surface area contributed by atoms with Gasteiger partial charge < -0.3 is 15.4 Å². The predicted molar refractivity (Wildman–Crippen MR) is 103 cm³/mol. The molecular weight excluding hydrogens is 326 g/mol. The van der Waals surface area contributed by atoms with Crippen LogP contribution in [0.1, 0.15) is 11.1 Å². The highest BCUT2D eigenvalue weighted by Gasteiger charge is 2.05. The number of rotatable bonds is 7. The zero-order valence-electron chi connectivity index (χ0n) is 14.6. The Balaban J connectivity index is 1.45. The van der Waals surface area contributed by atoms with Crippen LogP contribution in [0.25, 0.3) is 0 Å². The number of amides is 1. The minimum atomic E-state index is -0.247. The van der Waals surface area contributed by atoms with E-state index in [4.69, 9.17) is 4.74 Å². The molecule has 26 heavy (non-hydrogen) atoms. The Kier molecular flexibility index (Phi) is 5.83. The summed E-state index contributed by atoms with van der Waals surface area (Å²) in [5.74, 6) is 0.912. The Morgan fingerprint density at radius 3 is 2.46 bits per heavy atom. The lowest BCUT2D eigenvalue weighted by molar-refractivity contribution is -0.118. The summed E-state index contributed by atoms with van der Waals surface area (Å²) in [5, 5.41) is 6.01. The number of nitrogens with one attached hydrogen (secondary N) is 2. The van der Waals surface area contributed by atoms with Crippen molar-refractivity contribution >= 4 is 17.4 Å². The summed E-state index contributed by atoms with van der Waals surface area (Å²) in [5.41, 5.74) is 3.23. The van der Waals surface area contributed by atoms with Gasteiger partial charge in [0.1, 0.15) is 11.6 Å². The van der Waals surface area contributed by atoms with Crippen LogP contribution in [0.2, 0.25) is 0 Å². The van der Waals surface area contributed by atoms with E-state index in [2.05, 4.69) is 27.8 Å². The molecule has 5 heteroatoms. The van der Waals surface area contributed by atoms with Gasteiger partial charge in [-0.05, 0) is 36.8 Å². The molecule has 0 unspecified atom stereocenters. The Labute approximate surface area is 153 Å². The smallest absolute Gasteiger partial charge is 0.263 e. The van der Waals surface area contributed by atoms with Gasteiger partial charge in [-0.25, -0.2) is 4.98 Å². The van der Waals surface area contributed by atoms with E-state index in [0.717, 1.165) is 17.8 Å². The fourth-order valence-corrected chi connectivity index (χ4v) is 2.33. The van der Waals surface area contributed by atoms with Gasteiger partial charge >= 0.3 is 0 Å². The van der Waals surface area contributed by atoms with Crippen LogP contribution < -0.4 is 15.4 Å². The van der Waals surface area contributed by atoms with Gasteiger partial charge in [0.2, 0.25) is 0 Å². The number of hydrogen-bond donors (Lipinski definition) is 2. The van der Waals surface area contributed by atoms with E-state index in [1.165, 1.54) is 5.56 Å². The zero-order valence-corrected chi connectivity index (χ0v) is 14.6. The van der Waals surface area contributed by atoms with Crippen molar-refractivity contribution in [3.05, 3.63) is 84.1 Å². The average Bonchev–Trinajstić information content (AvgIpc) is 2.68. The number of benzene rings is 2. The molecule has 0 aliphatic carbocycles. The second-order valence-electron chi connectivity index (χ2n) is 5.92. The lowest BCUT2D eigenvalue weighted by Gasteiger charge is -2.09. The molecule has 0 fully saturated rings. The van der Waals surface area contributed by atoms with Crippen molar-refractivity contribution in [3.63, 3.8) is 0 Å². The molecule has 1 heterocycles. The van der Waals surface area contributed by atoms with E-state index < -0.39 is 0 Å². The van der Waals surface area contributed by atoms with Gasteiger partial charge in [-0.15, -0.1) is 0 Å². The van der Waals surface area contributed by atoms with Crippen LogP contribution in [0.15, 0.2) is 72.9 Å². The van der Waals surface area contributed by atoms with E-state index in [9.17, 15) is 4.79 Å². The van der Waals surface area contributed by atoms with Crippen LogP contribution in [0.4, 0.5) is 11.5 Å². The first-order valence-electron chi connectivity index (χ1n) is 8.42. The highest BCUT2D eigenvalue weighted by Crippen LogP contribution is 2.13. The number of aryl methyl sites for hydroxylation is 1. The minimum Gasteiger partial charge on any atom is -0.484 e. The van der Waals surface area contributed by atoms with Gasteiger partial charge in [-0.3, -0.25) is 4.79 Å². The Hall–Kier alpha value is -3.34. The molecule has 0 atom stereocenters. The van der Waals surface area contributed by atoms with Crippen LogP contribution >= 0.6 is 0 Å². The Morgan fingerprint density at radius 2 is 1.77 bits per heavy atom. The van der Waals surface area contributed by atoms with Crippen molar-refractivity contribution in [2.24, 2.45) is 0 Å². The summed E-state index contributed by atoms with van der Waals surface area (Å²) in [6, 6.07) is 21.3. The van der Waals surface area contributed by atoms with Gasteiger partial charge in [-0.1, -0.05) is 48.0 Å². The maximum absolute atomic E-state index is 12.0. The predicted octanol–water partition coefficient (Wildman–Crippen LogP) is 4.02. The van der Waals surface area contributed by atoms with Crippen molar-refractivity contribution in [3.8, 4) is 5.75 Å². The van der Waals surface area contributed by atoms with E-state index in [1.54, 1.807) is 12.3 Å². The van der Waals surface area contributed by atoms with Gasteiger partial charge in [0.25, 0.3) is 5.91 Å². The molecule has 0 aliphatic rings. The molecule has 0 radical (unpaired) electrons. The zero-order chi connectivity index (χ0) is 18.2. The summed E-state index contributed by atoms with van der Waals surface area (Å²) >= 11 is 0. The second-order valence-corrected chi connectivity index (χ2v) is 5.92. The summed E-state index contributed by atoms with van der Waals surface area (Å²) < 4.78 is 5.45. The fraction of sp³-hybridized carbons (Fsp3) is 0.143. The van der Waals surface area contributed by atoms with E-state index in [0.29, 0.717) is 11.6 Å². The highest BCUT2D eigenvalue weighted by atomic mass is 16.5. The van der Waals surface area contributed by atoms with Crippen LogP contribution in [-0.2, 0) is 11.3 Å². The summed E-state index contributed by atoms with van der Waals surface area (Å²) in [7, 11) is 0. The van der Waals surface area contributed by atoms with Crippen molar-refractivity contribution in [1.29, 1.82) is 0 Å². The van der Waals surface area contributed by atoms with Crippen molar-refractivity contribution in [2.45, 2.75) is 13.5 Å². The maximum Gasteiger partial charge on any atom is 0.263 e. The molecule has 0 saturated heterocycles. The van der Waals surface area contributed by atoms with Gasteiger partial charge in [-0.2, -0.15) is 0 Å².